The number of allylic oxidation sites excluding steroid dienone is 1. The normalized spacial score (nSPS) is 41.7. The number of carbonyl (C=O) groups is 2. The molecule has 3 saturated carbocycles. The Bertz CT molecular complexity index is 1380. The van der Waals surface area contributed by atoms with E-state index in [1.807, 2.05) is 20.8 Å². The van der Waals surface area contributed by atoms with Gasteiger partial charge in [0.25, 0.3) is 0 Å². The molecule has 5 aliphatic rings. The molecule has 6 rings (SSSR count). The first-order valence-corrected chi connectivity index (χ1v) is 15.7. The second kappa shape index (κ2) is 8.54. The van der Waals surface area contributed by atoms with Gasteiger partial charge in [-0.15, -0.1) is 0 Å². The number of aliphatic carboxylic acids is 1. The first-order chi connectivity index (χ1) is 18.9. The lowest BCUT2D eigenvalue weighted by molar-refractivity contribution is -0.177. The van der Waals surface area contributed by atoms with Gasteiger partial charge in [0.05, 0.1) is 5.41 Å². The number of carboxylic acids is 1. The van der Waals surface area contributed by atoms with Gasteiger partial charge in [-0.3, -0.25) is 9.59 Å². The predicted octanol–water partition coefficient (Wildman–Crippen LogP) is 7.42. The lowest BCUT2D eigenvalue weighted by atomic mass is 9.34. The minimum atomic E-state index is -0.718. The second-order valence-corrected chi connectivity index (χ2v) is 15.9. The van der Waals surface area contributed by atoms with Crippen molar-refractivity contribution in [1.82, 2.24) is 5.32 Å². The van der Waals surface area contributed by atoms with E-state index in [0.717, 1.165) is 62.0 Å². The molecular weight excluding hydrogens is 514 g/mol. The lowest BCUT2D eigenvalue weighted by Crippen LogP contribution is -2.62. The Hall–Kier alpha value is -2.50. The third-order valence-electron chi connectivity index (χ3n) is 13.0. The Morgan fingerprint density at radius 1 is 0.976 bits per heavy atom. The summed E-state index contributed by atoms with van der Waals surface area (Å²) in [5.74, 6) is 0.599. The van der Waals surface area contributed by atoms with Crippen LogP contribution in [0.4, 0.5) is 0 Å². The van der Waals surface area contributed by atoms with Gasteiger partial charge in [-0.05, 0) is 104 Å². The highest BCUT2D eigenvalue weighted by Gasteiger charge is 2.67. The van der Waals surface area contributed by atoms with E-state index in [1.54, 1.807) is 6.92 Å². The van der Waals surface area contributed by atoms with Crippen molar-refractivity contribution in [2.75, 3.05) is 6.54 Å². The molecule has 0 unspecified atom stereocenters. The van der Waals surface area contributed by atoms with E-state index in [0.29, 0.717) is 12.5 Å². The van der Waals surface area contributed by atoms with Crippen molar-refractivity contribution in [2.45, 2.75) is 124 Å². The zero-order chi connectivity index (χ0) is 30.0. The Balaban J connectivity index is 1.51. The average molecular weight is 564 g/mol. The van der Waals surface area contributed by atoms with Crippen molar-refractivity contribution in [2.24, 2.45) is 27.6 Å². The lowest BCUT2D eigenvalue weighted by Gasteiger charge is -2.70. The fourth-order valence-electron chi connectivity index (χ4n) is 10.2. The number of ether oxygens (including phenoxy) is 2. The molecule has 1 aliphatic heterocycles. The number of carbonyl (C=O) groups excluding carboxylic acids is 1. The third kappa shape index (κ3) is 3.80. The molecule has 1 aromatic rings. The van der Waals surface area contributed by atoms with Crippen LogP contribution in [0.3, 0.4) is 0 Å². The van der Waals surface area contributed by atoms with E-state index in [9.17, 15) is 14.7 Å². The molecule has 0 spiro atoms. The van der Waals surface area contributed by atoms with E-state index >= 15 is 0 Å². The summed E-state index contributed by atoms with van der Waals surface area (Å²) in [5, 5.41) is 13.4. The highest BCUT2D eigenvalue weighted by molar-refractivity contribution is 5.74. The van der Waals surface area contributed by atoms with Crippen molar-refractivity contribution >= 4 is 11.9 Å². The van der Waals surface area contributed by atoms with Crippen LogP contribution in [0.25, 0.3) is 0 Å². The summed E-state index contributed by atoms with van der Waals surface area (Å²) in [6, 6.07) is 2.24. The summed E-state index contributed by atoms with van der Waals surface area (Å²) in [6.07, 6.45) is 9.26. The molecule has 4 aliphatic carbocycles. The van der Waals surface area contributed by atoms with Gasteiger partial charge in [0.2, 0.25) is 11.7 Å². The maximum absolute atomic E-state index is 12.5. The van der Waals surface area contributed by atoms with Gasteiger partial charge < -0.3 is 19.9 Å². The van der Waals surface area contributed by atoms with E-state index in [1.165, 1.54) is 16.7 Å². The van der Waals surface area contributed by atoms with Gasteiger partial charge in [-0.25, -0.2) is 0 Å². The molecule has 0 radical (unpaired) electrons. The van der Waals surface area contributed by atoms with Crippen molar-refractivity contribution in [3.8, 4) is 11.5 Å². The summed E-state index contributed by atoms with van der Waals surface area (Å²) >= 11 is 0. The molecule has 0 bridgehead atoms. The molecule has 7 atom stereocenters. The Morgan fingerprint density at radius 2 is 1.66 bits per heavy atom. The number of hydrogen-bond acceptors (Lipinski definition) is 4. The van der Waals surface area contributed by atoms with Crippen LogP contribution < -0.4 is 14.8 Å². The van der Waals surface area contributed by atoms with Gasteiger partial charge in [0, 0.05) is 38.6 Å². The SMILES string of the molecule is CC(=O)NC[C@@H]1C=C2[C@@](C)(CC[C@@]3(C)[C@@H]4C[C@](C)(C(=O)O)CC[C@]4(C)CC[C@]23C)c2cc3c(c(C)c21)OC(C)(C)O3. The molecule has 2 N–H and O–H groups in total. The van der Waals surface area contributed by atoms with Crippen LogP contribution in [-0.2, 0) is 15.0 Å². The van der Waals surface area contributed by atoms with E-state index in [4.69, 9.17) is 9.47 Å². The van der Waals surface area contributed by atoms with Crippen LogP contribution in [-0.4, -0.2) is 29.3 Å². The minimum absolute atomic E-state index is 0.0219. The fourth-order valence-corrected chi connectivity index (χ4v) is 10.2. The Kier molecular flexibility index (Phi) is 5.96. The summed E-state index contributed by atoms with van der Waals surface area (Å²) in [5.41, 5.74) is 4.35. The Labute approximate surface area is 245 Å². The first-order valence-electron chi connectivity index (χ1n) is 15.7. The Morgan fingerprint density at radius 3 is 2.32 bits per heavy atom. The van der Waals surface area contributed by atoms with Gasteiger partial charge in [0.1, 0.15) is 0 Å². The van der Waals surface area contributed by atoms with Crippen molar-refractivity contribution < 1.29 is 24.2 Å². The highest BCUT2D eigenvalue weighted by atomic mass is 16.7. The summed E-state index contributed by atoms with van der Waals surface area (Å²) in [7, 11) is 0. The maximum atomic E-state index is 12.5. The zero-order valence-corrected chi connectivity index (χ0v) is 26.5. The predicted molar refractivity (Wildman–Crippen MR) is 159 cm³/mol. The molecule has 6 nitrogen and oxygen atoms in total. The molecule has 41 heavy (non-hydrogen) atoms. The van der Waals surface area contributed by atoms with Crippen molar-refractivity contribution in [1.29, 1.82) is 0 Å². The van der Waals surface area contributed by atoms with Gasteiger partial charge in [-0.2, -0.15) is 0 Å². The molecule has 1 amide bonds. The van der Waals surface area contributed by atoms with E-state index in [-0.39, 0.29) is 33.5 Å². The topological polar surface area (TPSA) is 84.9 Å². The molecule has 6 heteroatoms. The average Bonchev–Trinajstić information content (AvgIpc) is 3.20. The monoisotopic (exact) mass is 563 g/mol. The standard InChI is InChI=1S/C35H49NO5/c1-20-27-22(19-36-21(2)37)16-25-33(7,23(27)17-24-28(20)41-30(3,4)40-24)13-15-35(9)26-18-32(6,29(38)39)11-10-31(26,5)12-14-34(25,35)8/h16-17,22,26H,10-15,18-19H2,1-9H3,(H,36,37)(H,38,39)/t22-,26+,31+,32+,33-,34+,35-/m0/s1. The molecule has 224 valence electrons. The van der Waals surface area contributed by atoms with Crippen molar-refractivity contribution in [3.05, 3.63) is 34.4 Å². The number of nitrogens with one attached hydrogen (secondary N) is 1. The van der Waals surface area contributed by atoms with E-state index in [2.05, 4.69) is 52.1 Å². The number of hydrogen-bond donors (Lipinski definition) is 2. The molecule has 1 heterocycles. The summed E-state index contributed by atoms with van der Waals surface area (Å²) < 4.78 is 12.6. The fraction of sp³-hybridized carbons (Fsp3) is 0.714. The summed E-state index contributed by atoms with van der Waals surface area (Å²) in [4.78, 5) is 24.6. The van der Waals surface area contributed by atoms with Gasteiger partial charge >= 0.3 is 5.97 Å². The number of fused-ring (bicyclic) bond motifs is 8. The molecule has 1 aromatic carbocycles. The molecular formula is C35H49NO5. The van der Waals surface area contributed by atoms with Crippen LogP contribution in [0.2, 0.25) is 0 Å². The quantitative estimate of drug-likeness (QED) is 0.374. The van der Waals surface area contributed by atoms with E-state index < -0.39 is 17.2 Å². The first kappa shape index (κ1) is 28.6. The zero-order valence-electron chi connectivity index (χ0n) is 26.5. The molecule has 0 saturated heterocycles. The largest absolute Gasteiger partial charge is 0.481 e. The van der Waals surface area contributed by atoms with Crippen LogP contribution in [0.1, 0.15) is 123 Å². The second-order valence-electron chi connectivity index (χ2n) is 15.9. The van der Waals surface area contributed by atoms with Gasteiger partial charge in [0.15, 0.2) is 11.5 Å². The van der Waals surface area contributed by atoms with Crippen molar-refractivity contribution in [3.63, 3.8) is 0 Å². The smallest absolute Gasteiger partial charge is 0.309 e. The van der Waals surface area contributed by atoms with Crippen LogP contribution in [0.5, 0.6) is 11.5 Å². The van der Waals surface area contributed by atoms with Crippen LogP contribution in [0, 0.1) is 34.5 Å². The number of rotatable bonds is 3. The third-order valence-corrected chi connectivity index (χ3v) is 13.0. The van der Waals surface area contributed by atoms with Crippen LogP contribution >= 0.6 is 0 Å². The highest BCUT2D eigenvalue weighted by Crippen LogP contribution is 2.75. The number of carboxylic acid groups (broad SMARTS) is 1. The van der Waals surface area contributed by atoms with Gasteiger partial charge in [-0.1, -0.05) is 39.3 Å². The van der Waals surface area contributed by atoms with Crippen LogP contribution in [0.15, 0.2) is 17.7 Å². The molecule has 0 aromatic heterocycles. The number of amides is 1. The minimum Gasteiger partial charge on any atom is -0.481 e. The molecule has 3 fully saturated rings. The summed E-state index contributed by atoms with van der Waals surface area (Å²) in [6.45, 7) is 20.0. The maximum Gasteiger partial charge on any atom is 0.309 e. The number of benzene rings is 1.